The Balaban J connectivity index is 1.43. The van der Waals surface area contributed by atoms with Crippen molar-refractivity contribution >= 4 is 47.0 Å². The van der Waals surface area contributed by atoms with Crippen molar-refractivity contribution < 1.29 is 17.9 Å². The quantitative estimate of drug-likeness (QED) is 0.152. The molecule has 0 amide bonds. The van der Waals surface area contributed by atoms with Crippen LogP contribution in [0.15, 0.2) is 92.3 Å². The lowest BCUT2D eigenvalue weighted by Crippen LogP contribution is -2.16. The number of thiazole rings is 1. The molecule has 3 aromatic carbocycles. The summed E-state index contributed by atoms with van der Waals surface area (Å²) in [5, 5.41) is 11.3. The first-order valence-corrected chi connectivity index (χ1v) is 12.7. The monoisotopic (exact) mass is 570 g/mol. The van der Waals surface area contributed by atoms with Crippen molar-refractivity contribution in [3.63, 3.8) is 0 Å². The van der Waals surface area contributed by atoms with Crippen LogP contribution in [0.5, 0.6) is 5.75 Å². The second kappa shape index (κ2) is 12.1. The Morgan fingerprint density at radius 3 is 2.41 bits per heavy atom. The van der Waals surface area contributed by atoms with Crippen LogP contribution in [-0.2, 0) is 0 Å². The topological polar surface area (TPSA) is 89.6 Å². The summed E-state index contributed by atoms with van der Waals surface area (Å²) in [7, 11) is 0. The number of aryl methyl sites for hydroxylation is 2. The molecule has 0 fully saturated rings. The summed E-state index contributed by atoms with van der Waals surface area (Å²) in [6, 6.07) is 18.0. The summed E-state index contributed by atoms with van der Waals surface area (Å²) >= 11 is 7.93. The standard InChI is InChI=1S/C27H22ClF3N6OS/c1-17-4-3-5-23(28)24(17)37-18(2)15-39-26(37)36-35-14-19-6-8-20(9-7-19)25(32)34-16-33-21-10-12-22(13-11-21)38-27(29,30)31/h3-16H,1-2H3,(H2,32,33,34)/b35-14+,36-26-. The van der Waals surface area contributed by atoms with E-state index in [1.807, 2.05) is 54.1 Å². The summed E-state index contributed by atoms with van der Waals surface area (Å²) in [6.07, 6.45) is -1.90. The van der Waals surface area contributed by atoms with Gasteiger partial charge >= 0.3 is 6.36 Å². The number of ether oxygens (including phenoxy) is 1. The molecular weight excluding hydrogens is 549 g/mol. The maximum absolute atomic E-state index is 12.2. The third kappa shape index (κ3) is 7.43. The normalized spacial score (nSPS) is 13.1. The van der Waals surface area contributed by atoms with E-state index >= 15 is 0 Å². The minimum absolute atomic E-state index is 0.217. The molecule has 1 aromatic heterocycles. The van der Waals surface area contributed by atoms with Gasteiger partial charge in [0, 0.05) is 16.6 Å². The van der Waals surface area contributed by atoms with Crippen LogP contribution in [0.2, 0.25) is 5.02 Å². The fourth-order valence-corrected chi connectivity index (χ4v) is 4.61. The van der Waals surface area contributed by atoms with E-state index in [4.69, 9.17) is 17.3 Å². The molecule has 39 heavy (non-hydrogen) atoms. The zero-order valence-electron chi connectivity index (χ0n) is 20.7. The van der Waals surface area contributed by atoms with Gasteiger partial charge in [0.1, 0.15) is 17.9 Å². The summed E-state index contributed by atoms with van der Waals surface area (Å²) in [4.78, 5) is 8.84. The van der Waals surface area contributed by atoms with E-state index in [-0.39, 0.29) is 11.6 Å². The molecule has 200 valence electrons. The van der Waals surface area contributed by atoms with E-state index in [0.29, 0.717) is 21.1 Å². The third-order valence-corrected chi connectivity index (χ3v) is 6.56. The molecule has 4 aromatic rings. The number of halogens is 4. The van der Waals surface area contributed by atoms with Crippen molar-refractivity contribution in [2.45, 2.75) is 20.2 Å². The van der Waals surface area contributed by atoms with Crippen LogP contribution >= 0.6 is 22.9 Å². The Hall–Kier alpha value is -4.22. The van der Waals surface area contributed by atoms with Crippen LogP contribution in [-0.4, -0.2) is 29.3 Å². The summed E-state index contributed by atoms with van der Waals surface area (Å²) in [5.74, 6) is -0.115. The van der Waals surface area contributed by atoms with Crippen LogP contribution in [0.4, 0.5) is 18.9 Å². The van der Waals surface area contributed by atoms with Crippen molar-refractivity contribution in [1.29, 1.82) is 0 Å². The number of nitrogens with zero attached hydrogens (tertiary/aromatic N) is 5. The second-order valence-electron chi connectivity index (χ2n) is 8.17. The van der Waals surface area contributed by atoms with Crippen LogP contribution in [0.25, 0.3) is 5.69 Å². The molecule has 0 bridgehead atoms. The van der Waals surface area contributed by atoms with Crippen molar-refractivity contribution in [3.8, 4) is 11.4 Å². The number of aliphatic imine (C=N–C) groups is 2. The van der Waals surface area contributed by atoms with Gasteiger partial charge in [-0.25, -0.2) is 9.98 Å². The summed E-state index contributed by atoms with van der Waals surface area (Å²) < 4.78 is 42.6. The predicted octanol–water partition coefficient (Wildman–Crippen LogP) is 6.71. The van der Waals surface area contributed by atoms with Gasteiger partial charge in [-0.1, -0.05) is 48.0 Å². The number of aromatic nitrogens is 1. The van der Waals surface area contributed by atoms with Crippen LogP contribution in [0, 0.1) is 13.8 Å². The van der Waals surface area contributed by atoms with Gasteiger partial charge in [0.25, 0.3) is 0 Å². The maximum Gasteiger partial charge on any atom is 0.573 e. The zero-order chi connectivity index (χ0) is 28.0. The Kier molecular flexibility index (Phi) is 8.62. The second-order valence-corrected chi connectivity index (χ2v) is 9.41. The molecule has 0 aliphatic heterocycles. The Morgan fingerprint density at radius 2 is 1.74 bits per heavy atom. The van der Waals surface area contributed by atoms with E-state index in [0.717, 1.165) is 34.6 Å². The fourth-order valence-electron chi connectivity index (χ4n) is 3.49. The van der Waals surface area contributed by atoms with E-state index in [1.165, 1.54) is 29.8 Å². The number of rotatable bonds is 7. The third-order valence-electron chi connectivity index (χ3n) is 5.32. The Labute approximate surface area is 231 Å². The average Bonchev–Trinajstić information content (AvgIpc) is 3.24. The van der Waals surface area contributed by atoms with Gasteiger partial charge < -0.3 is 10.5 Å². The van der Waals surface area contributed by atoms with E-state index < -0.39 is 6.36 Å². The molecular formula is C27H22ClF3N6OS. The van der Waals surface area contributed by atoms with Gasteiger partial charge in [0.05, 0.1) is 22.6 Å². The molecule has 2 N–H and O–H groups in total. The van der Waals surface area contributed by atoms with E-state index in [2.05, 4.69) is 24.9 Å². The van der Waals surface area contributed by atoms with Crippen molar-refractivity contribution in [2.75, 3.05) is 0 Å². The molecule has 12 heteroatoms. The first-order valence-electron chi connectivity index (χ1n) is 11.4. The number of nitrogens with two attached hydrogens (primary N) is 1. The molecule has 0 aliphatic rings. The van der Waals surface area contributed by atoms with Gasteiger partial charge in [-0.15, -0.1) is 29.6 Å². The molecule has 7 nitrogen and oxygen atoms in total. The van der Waals surface area contributed by atoms with Gasteiger partial charge in [0.2, 0.25) is 4.80 Å². The molecule has 0 spiro atoms. The van der Waals surface area contributed by atoms with Crippen molar-refractivity contribution in [3.05, 3.63) is 104 Å². The summed E-state index contributed by atoms with van der Waals surface area (Å²) in [6.45, 7) is 3.98. The van der Waals surface area contributed by atoms with Crippen molar-refractivity contribution in [1.82, 2.24) is 4.57 Å². The first-order chi connectivity index (χ1) is 18.6. The lowest BCUT2D eigenvalue weighted by Gasteiger charge is -2.11. The molecule has 0 radical (unpaired) electrons. The van der Waals surface area contributed by atoms with Crippen LogP contribution in [0.1, 0.15) is 22.4 Å². The molecule has 0 saturated heterocycles. The van der Waals surface area contributed by atoms with Gasteiger partial charge in [-0.05, 0) is 55.3 Å². The summed E-state index contributed by atoms with van der Waals surface area (Å²) in [5.41, 5.74) is 10.8. The van der Waals surface area contributed by atoms with Gasteiger partial charge in [0.15, 0.2) is 0 Å². The number of alkyl halides is 3. The SMILES string of the molecule is Cc1cccc(Cl)c1-n1c(C)cs/c1=N\N=C\c1ccc(C(N)=NC=Nc2ccc(OC(F)(F)F)cc2)cc1. The highest BCUT2D eigenvalue weighted by Gasteiger charge is 2.30. The number of para-hydroxylation sites is 1. The predicted molar refractivity (Wildman–Crippen MR) is 150 cm³/mol. The molecule has 1 heterocycles. The highest BCUT2D eigenvalue weighted by molar-refractivity contribution is 7.07. The average molecular weight is 571 g/mol. The Bertz CT molecular complexity index is 1580. The lowest BCUT2D eigenvalue weighted by atomic mass is 10.1. The highest BCUT2D eigenvalue weighted by Crippen LogP contribution is 2.25. The number of hydrogen-bond acceptors (Lipinski definition) is 5. The fraction of sp³-hybridized carbons (Fsp3) is 0.111. The van der Waals surface area contributed by atoms with Crippen LogP contribution in [0.3, 0.4) is 0 Å². The largest absolute Gasteiger partial charge is 0.573 e. The molecule has 4 rings (SSSR count). The number of amidine groups is 1. The van der Waals surface area contributed by atoms with Gasteiger partial charge in [-0.2, -0.15) is 5.10 Å². The molecule has 0 aliphatic carbocycles. The minimum Gasteiger partial charge on any atom is -0.406 e. The van der Waals surface area contributed by atoms with Crippen molar-refractivity contribution in [2.24, 2.45) is 25.9 Å². The highest BCUT2D eigenvalue weighted by atomic mass is 35.5. The lowest BCUT2D eigenvalue weighted by molar-refractivity contribution is -0.274. The molecule has 0 saturated carbocycles. The minimum atomic E-state index is -4.75. The molecule has 0 atom stereocenters. The maximum atomic E-state index is 12.2. The van der Waals surface area contributed by atoms with E-state index in [1.54, 1.807) is 18.3 Å². The van der Waals surface area contributed by atoms with Crippen LogP contribution < -0.4 is 15.3 Å². The van der Waals surface area contributed by atoms with E-state index in [9.17, 15) is 13.2 Å². The number of benzene rings is 3. The smallest absolute Gasteiger partial charge is 0.406 e. The zero-order valence-corrected chi connectivity index (χ0v) is 22.3. The molecule has 0 unspecified atom stereocenters. The van der Waals surface area contributed by atoms with Gasteiger partial charge in [-0.3, -0.25) is 4.57 Å². The number of hydrogen-bond donors (Lipinski definition) is 1. The first kappa shape index (κ1) is 27.8. The Morgan fingerprint density at radius 1 is 1.03 bits per heavy atom.